The van der Waals surface area contributed by atoms with Crippen LogP contribution in [-0.2, 0) is 4.74 Å². The number of benzene rings is 5. The Morgan fingerprint density at radius 2 is 1.30 bits per heavy atom. The fourth-order valence-corrected chi connectivity index (χ4v) is 7.94. The van der Waals surface area contributed by atoms with E-state index in [1.54, 1.807) is 45.4 Å². The number of hydrogen-bond donors (Lipinski definition) is 4. The Morgan fingerprint density at radius 1 is 0.679 bits per heavy atom. The molecule has 4 N–H and O–H groups in total. The fraction of sp³-hybridized carbons (Fsp3) is 0.105. The molecule has 1 saturated heterocycles. The van der Waals surface area contributed by atoms with Crippen LogP contribution in [0.25, 0.3) is 59.8 Å². The molecular weight excluding hydrogens is 676 g/mol. The van der Waals surface area contributed by atoms with Gasteiger partial charge in [0.25, 0.3) is 11.1 Å². The Morgan fingerprint density at radius 3 is 2.04 bits per heavy atom. The van der Waals surface area contributed by atoms with Crippen LogP contribution in [0.5, 0.6) is 0 Å². The monoisotopic (exact) mass is 700 g/mol. The predicted molar refractivity (Wildman–Crippen MR) is 196 cm³/mol. The molecule has 3 aliphatic rings. The van der Waals surface area contributed by atoms with Gasteiger partial charge in [-0.25, -0.2) is 15.8 Å². The Hall–Kier alpha value is -6.94. The lowest BCUT2D eigenvalue weighted by atomic mass is 10.0. The zero-order chi connectivity index (χ0) is 35.5. The van der Waals surface area contributed by atoms with Gasteiger partial charge in [0.2, 0.25) is 23.6 Å². The van der Waals surface area contributed by atoms with Gasteiger partial charge in [0.15, 0.2) is 0 Å². The molecule has 0 amide bonds. The second kappa shape index (κ2) is 10.8. The Labute approximate surface area is 294 Å². The van der Waals surface area contributed by atoms with Crippen LogP contribution in [0.1, 0.15) is 6.04 Å². The molecule has 4 unspecified atom stereocenters. The van der Waals surface area contributed by atoms with Gasteiger partial charge in [0.1, 0.15) is 21.8 Å². The van der Waals surface area contributed by atoms with Crippen LogP contribution in [0.3, 0.4) is 0 Å². The lowest BCUT2D eigenvalue weighted by Crippen LogP contribution is -2.43. The minimum Gasteiger partial charge on any atom is -0.303 e. The Kier molecular flexibility index (Phi) is 6.06. The first-order chi connectivity index (χ1) is 25.9. The molecule has 53 heavy (non-hydrogen) atoms. The first-order valence-corrected chi connectivity index (χ1v) is 16.9. The van der Waals surface area contributed by atoms with E-state index < -0.39 is 12.7 Å². The number of nitrogens with zero attached hydrogens (tertiary/aromatic N) is 6. The lowest BCUT2D eigenvalue weighted by Gasteiger charge is -2.17. The maximum atomic E-state index is 13.7. The number of hydrogen-bond acceptors (Lipinski definition) is 13. The van der Waals surface area contributed by atoms with Gasteiger partial charge in [-0.2, -0.15) is 10.2 Å². The summed E-state index contributed by atoms with van der Waals surface area (Å²) in [6.07, 6.45) is 5.86. The van der Waals surface area contributed by atoms with Gasteiger partial charge in [-0.3, -0.25) is 44.0 Å². The van der Waals surface area contributed by atoms with Crippen LogP contribution in [0.4, 0.5) is 0 Å². The summed E-state index contributed by atoms with van der Waals surface area (Å²) in [6, 6.07) is 20.2. The van der Waals surface area contributed by atoms with Crippen molar-refractivity contribution in [2.45, 2.75) is 24.8 Å². The predicted octanol–water partition coefficient (Wildman–Crippen LogP) is 0.246. The summed E-state index contributed by atoms with van der Waals surface area (Å²) >= 11 is 0. The summed E-state index contributed by atoms with van der Waals surface area (Å²) in [7, 11) is 0. The number of ether oxygens (including phenoxy) is 1. The largest absolute Gasteiger partial charge is 0.303 e. The zero-order valence-electron chi connectivity index (χ0n) is 27.3. The summed E-state index contributed by atoms with van der Waals surface area (Å²) < 4.78 is 9.10. The van der Waals surface area contributed by atoms with Crippen molar-refractivity contribution in [3.05, 3.63) is 154 Å². The van der Waals surface area contributed by atoms with Crippen LogP contribution >= 0.6 is 0 Å². The molecule has 11 rings (SSSR count). The van der Waals surface area contributed by atoms with Crippen LogP contribution < -0.4 is 59.9 Å². The maximum Gasteiger partial charge on any atom is 0.264 e. The Bertz CT molecular complexity index is 3420. The highest BCUT2D eigenvalue weighted by molar-refractivity contribution is 6.15. The quantitative estimate of drug-likeness (QED) is 0.186. The molecule has 5 heterocycles. The molecule has 0 saturated carbocycles. The van der Waals surface area contributed by atoms with Crippen molar-refractivity contribution in [3.63, 3.8) is 0 Å². The molecule has 0 bridgehead atoms. The topological polar surface area (TPSA) is 185 Å². The van der Waals surface area contributed by atoms with Crippen molar-refractivity contribution in [3.8, 4) is 0 Å². The van der Waals surface area contributed by atoms with Gasteiger partial charge in [0.05, 0.1) is 23.1 Å². The number of nitrogens with one attached hydrogen (secondary N) is 4. The molecule has 8 aromatic rings. The van der Waals surface area contributed by atoms with E-state index in [4.69, 9.17) is 9.73 Å². The van der Waals surface area contributed by atoms with Crippen molar-refractivity contribution in [2.24, 2.45) is 15.2 Å². The van der Waals surface area contributed by atoms with E-state index in [2.05, 4.69) is 36.9 Å². The first kappa shape index (κ1) is 29.8. The number of pyridine rings is 2. The first-order valence-electron chi connectivity index (χ1n) is 16.9. The number of aromatic nitrogens is 3. The lowest BCUT2D eigenvalue weighted by molar-refractivity contribution is -0.000978. The average molecular weight is 701 g/mol. The number of allylic oxidation sites excluding steroid dienone is 2. The highest BCUT2D eigenvalue weighted by Crippen LogP contribution is 2.28. The van der Waals surface area contributed by atoms with Crippen LogP contribution in [-0.4, -0.2) is 32.7 Å². The molecule has 256 valence electrons. The van der Waals surface area contributed by atoms with E-state index in [1.807, 2.05) is 48.6 Å². The minimum absolute atomic E-state index is 0.0977. The summed E-state index contributed by atoms with van der Waals surface area (Å²) in [5.41, 5.74) is 12.5. The summed E-state index contributed by atoms with van der Waals surface area (Å²) in [4.78, 5) is 63.9. The average Bonchev–Trinajstić information content (AvgIpc) is 3.91. The third kappa shape index (κ3) is 4.14. The van der Waals surface area contributed by atoms with Crippen LogP contribution in [0, 0.1) is 0 Å². The van der Waals surface area contributed by atoms with Gasteiger partial charge in [-0.1, -0.05) is 60.7 Å². The van der Waals surface area contributed by atoms with Crippen molar-refractivity contribution >= 4 is 59.8 Å². The standard InChI is InChI=1S/C38H24N10O5/c49-27-15-21-29-17(7-5-9-19(29)35(51)47-25-13-3-1-11-23(25)39-33(21)47)31(27)41-43-37-45-46-38(53-37)44-42-32-18-8-6-10-20-30(18)22(16-28(32)50)34-40-24-12-2-4-14-26(24)48(34)36(20)52/h1-16,23,25,37-38,43-46H. The molecule has 1 aliphatic carbocycles. The second-order valence-corrected chi connectivity index (χ2v) is 13.1. The van der Waals surface area contributed by atoms with Gasteiger partial charge in [-0.05, 0) is 36.4 Å². The van der Waals surface area contributed by atoms with E-state index in [9.17, 15) is 19.2 Å². The molecule has 3 aromatic heterocycles. The van der Waals surface area contributed by atoms with Crippen molar-refractivity contribution in [2.75, 3.05) is 0 Å². The van der Waals surface area contributed by atoms with Crippen LogP contribution in [0.2, 0.25) is 0 Å². The molecule has 4 atom stereocenters. The number of hydrazine groups is 1. The van der Waals surface area contributed by atoms with Gasteiger partial charge in [0, 0.05) is 43.1 Å². The highest BCUT2D eigenvalue weighted by atomic mass is 16.6. The molecular formula is C38H24N10O5. The smallest absolute Gasteiger partial charge is 0.264 e. The molecule has 15 nitrogen and oxygen atoms in total. The SMILES string of the molecule is O=c1cc2c3n(c(=O)c4cccc(c1=NNC1NNC(NN=c5c(=O)cc6c7c5cccc7c(=O)n5c7ccccc7nc65)O1)c42)C1C=CC=CC1N=3. The summed E-state index contributed by atoms with van der Waals surface area (Å²) in [5, 5.41) is 13.3. The summed E-state index contributed by atoms with van der Waals surface area (Å²) in [5.74, 6) is 0. The number of fused-ring (bicyclic) bond motifs is 8. The maximum absolute atomic E-state index is 13.7. The third-order valence-corrected chi connectivity index (χ3v) is 10.2. The molecule has 1 fully saturated rings. The van der Waals surface area contributed by atoms with Gasteiger partial charge in [-0.15, -0.1) is 0 Å². The third-order valence-electron chi connectivity index (χ3n) is 10.2. The minimum atomic E-state index is -0.919. The second-order valence-electron chi connectivity index (χ2n) is 13.1. The van der Waals surface area contributed by atoms with Crippen LogP contribution in [0.15, 0.2) is 131 Å². The van der Waals surface area contributed by atoms with E-state index in [0.717, 1.165) is 0 Å². The van der Waals surface area contributed by atoms with Crippen molar-refractivity contribution < 1.29 is 4.74 Å². The van der Waals surface area contributed by atoms with Gasteiger partial charge < -0.3 is 4.74 Å². The number of rotatable bonds is 4. The summed E-state index contributed by atoms with van der Waals surface area (Å²) in [6.45, 7) is 0. The van der Waals surface area contributed by atoms with Gasteiger partial charge >= 0.3 is 0 Å². The Balaban J connectivity index is 0.923. The van der Waals surface area contributed by atoms with E-state index >= 15 is 0 Å². The molecule has 5 aromatic carbocycles. The van der Waals surface area contributed by atoms with E-state index in [0.29, 0.717) is 65.3 Å². The molecule has 0 spiro atoms. The number of para-hydroxylation sites is 2. The van der Waals surface area contributed by atoms with Crippen molar-refractivity contribution in [1.82, 2.24) is 35.7 Å². The number of imidazole rings is 1. The normalized spacial score (nSPS) is 21.5. The molecule has 2 aliphatic heterocycles. The highest BCUT2D eigenvalue weighted by Gasteiger charge is 2.30. The molecule has 15 heteroatoms. The molecule has 0 radical (unpaired) electrons. The van der Waals surface area contributed by atoms with Crippen molar-refractivity contribution in [1.29, 1.82) is 0 Å². The van der Waals surface area contributed by atoms with E-state index in [-0.39, 0.29) is 44.8 Å². The van der Waals surface area contributed by atoms with E-state index in [1.165, 1.54) is 12.1 Å². The fourth-order valence-electron chi connectivity index (χ4n) is 7.94. The zero-order valence-corrected chi connectivity index (χ0v) is 27.3.